The second-order valence-electron chi connectivity index (χ2n) is 4.98. The molecule has 0 saturated heterocycles. The fraction of sp³-hybridized carbons (Fsp3) is 0.500. The molecule has 8 heteroatoms. The monoisotopic (exact) mass is 325 g/mol. The molecule has 1 amide bonds. The van der Waals surface area contributed by atoms with Crippen molar-refractivity contribution in [3.63, 3.8) is 0 Å². The number of methoxy groups -OCH3 is 1. The van der Waals surface area contributed by atoms with Crippen LogP contribution in [0.5, 0.6) is 0 Å². The smallest absolute Gasteiger partial charge is 0.271 e. The number of aromatic nitrogens is 4. The Labute approximate surface area is 134 Å². The third-order valence-electron chi connectivity index (χ3n) is 3.26. The van der Waals surface area contributed by atoms with Crippen molar-refractivity contribution in [3.8, 4) is 0 Å². The van der Waals surface area contributed by atoms with Crippen LogP contribution in [0.1, 0.15) is 28.3 Å². The van der Waals surface area contributed by atoms with Crippen LogP contribution in [-0.2, 0) is 18.0 Å². The number of hydrogen-bond acceptors (Lipinski definition) is 4. The zero-order valence-electron chi connectivity index (χ0n) is 13.0. The Balaban J connectivity index is 1.78. The van der Waals surface area contributed by atoms with Gasteiger partial charge in [0.1, 0.15) is 12.4 Å². The number of aryl methyl sites for hydroxylation is 2. The lowest BCUT2D eigenvalue weighted by Crippen LogP contribution is -2.26. The van der Waals surface area contributed by atoms with Gasteiger partial charge in [0.25, 0.3) is 5.91 Å². The van der Waals surface area contributed by atoms with Crippen molar-refractivity contribution in [1.82, 2.24) is 24.9 Å². The average Bonchev–Trinajstić information content (AvgIpc) is 3.05. The molecule has 2 rings (SSSR count). The molecule has 0 unspecified atom stereocenters. The average molecular weight is 326 g/mol. The Morgan fingerprint density at radius 3 is 2.82 bits per heavy atom. The molecule has 120 valence electrons. The minimum Gasteiger partial charge on any atom is -0.362 e. The van der Waals surface area contributed by atoms with Crippen LogP contribution in [-0.4, -0.2) is 39.1 Å². The summed E-state index contributed by atoms with van der Waals surface area (Å²) in [4.78, 5) is 11.9. The van der Waals surface area contributed by atoms with E-state index in [0.717, 1.165) is 17.8 Å². The Bertz CT molecular complexity index is 650. The van der Waals surface area contributed by atoms with Gasteiger partial charge in [-0.05, 0) is 26.3 Å². The molecule has 2 heterocycles. The molecule has 0 spiro atoms. The summed E-state index contributed by atoms with van der Waals surface area (Å²) >= 11 is 6.10. The van der Waals surface area contributed by atoms with Gasteiger partial charge in [0, 0.05) is 26.4 Å². The first kappa shape index (κ1) is 16.5. The number of rotatable bonds is 7. The number of nitrogens with zero attached hydrogens (tertiary/aromatic N) is 4. The van der Waals surface area contributed by atoms with Crippen LogP contribution >= 0.6 is 11.6 Å². The highest BCUT2D eigenvalue weighted by Gasteiger charge is 2.10. The van der Waals surface area contributed by atoms with Gasteiger partial charge in [-0.1, -0.05) is 11.6 Å². The van der Waals surface area contributed by atoms with Gasteiger partial charge < -0.3 is 10.1 Å². The molecule has 0 aliphatic heterocycles. The number of carbonyl (C=O) groups excluding carboxylic acids is 1. The Hall–Kier alpha value is -1.86. The fourth-order valence-electron chi connectivity index (χ4n) is 2.10. The third-order valence-corrected chi connectivity index (χ3v) is 3.81. The van der Waals surface area contributed by atoms with Gasteiger partial charge in [0.15, 0.2) is 0 Å². The molecule has 0 aliphatic rings. The van der Waals surface area contributed by atoms with Crippen LogP contribution in [0.4, 0.5) is 0 Å². The summed E-state index contributed by atoms with van der Waals surface area (Å²) < 4.78 is 8.36. The zero-order valence-corrected chi connectivity index (χ0v) is 13.7. The minimum absolute atomic E-state index is 0.193. The fourth-order valence-corrected chi connectivity index (χ4v) is 2.24. The van der Waals surface area contributed by atoms with Gasteiger partial charge in [0.05, 0.1) is 16.4 Å². The van der Waals surface area contributed by atoms with Gasteiger partial charge >= 0.3 is 0 Å². The quantitative estimate of drug-likeness (QED) is 0.787. The predicted octanol–water partition coefficient (Wildman–Crippen LogP) is 1.77. The third kappa shape index (κ3) is 3.86. The molecule has 0 radical (unpaired) electrons. The van der Waals surface area contributed by atoms with E-state index in [0.29, 0.717) is 30.5 Å². The highest BCUT2D eigenvalue weighted by Crippen LogP contribution is 2.18. The van der Waals surface area contributed by atoms with Crippen molar-refractivity contribution < 1.29 is 9.53 Å². The molecular formula is C14H20ClN5O2. The zero-order chi connectivity index (χ0) is 16.1. The Morgan fingerprint density at radius 1 is 1.41 bits per heavy atom. The predicted molar refractivity (Wildman–Crippen MR) is 82.9 cm³/mol. The van der Waals surface area contributed by atoms with Crippen LogP contribution in [0.2, 0.25) is 5.02 Å². The maximum Gasteiger partial charge on any atom is 0.271 e. The second-order valence-corrected chi connectivity index (χ2v) is 5.35. The summed E-state index contributed by atoms with van der Waals surface area (Å²) in [6.07, 6.45) is 2.47. The summed E-state index contributed by atoms with van der Waals surface area (Å²) in [7, 11) is 1.58. The first-order valence-corrected chi connectivity index (χ1v) is 7.41. The lowest BCUT2D eigenvalue weighted by molar-refractivity contribution is 0.0939. The summed E-state index contributed by atoms with van der Waals surface area (Å²) in [6.45, 7) is 5.39. The minimum atomic E-state index is -0.193. The van der Waals surface area contributed by atoms with Gasteiger partial charge in [-0.25, -0.2) is 4.68 Å². The normalized spacial score (nSPS) is 10.9. The molecule has 2 aromatic heterocycles. The van der Waals surface area contributed by atoms with E-state index in [1.807, 2.05) is 18.5 Å². The van der Waals surface area contributed by atoms with E-state index in [1.54, 1.807) is 24.1 Å². The van der Waals surface area contributed by atoms with Crippen molar-refractivity contribution in [2.45, 2.75) is 33.5 Å². The highest BCUT2D eigenvalue weighted by molar-refractivity contribution is 6.31. The van der Waals surface area contributed by atoms with E-state index >= 15 is 0 Å². The van der Waals surface area contributed by atoms with Crippen LogP contribution in [0, 0.1) is 13.8 Å². The molecule has 7 nitrogen and oxygen atoms in total. The van der Waals surface area contributed by atoms with Gasteiger partial charge in [-0.2, -0.15) is 10.2 Å². The summed E-state index contributed by atoms with van der Waals surface area (Å²) in [5, 5.41) is 12.0. The largest absolute Gasteiger partial charge is 0.362 e. The van der Waals surface area contributed by atoms with Crippen molar-refractivity contribution >= 4 is 17.5 Å². The summed E-state index contributed by atoms with van der Waals surface area (Å²) in [5.74, 6) is -0.193. The van der Waals surface area contributed by atoms with E-state index in [9.17, 15) is 4.79 Å². The molecular weight excluding hydrogens is 306 g/mol. The molecule has 0 fully saturated rings. The van der Waals surface area contributed by atoms with E-state index in [-0.39, 0.29) is 5.91 Å². The number of ether oxygens (including phenoxy) is 1. The van der Waals surface area contributed by atoms with E-state index < -0.39 is 0 Å². The van der Waals surface area contributed by atoms with Gasteiger partial charge in [-0.3, -0.25) is 9.48 Å². The highest BCUT2D eigenvalue weighted by atomic mass is 35.5. The van der Waals surface area contributed by atoms with Crippen molar-refractivity contribution in [2.24, 2.45) is 0 Å². The van der Waals surface area contributed by atoms with Crippen LogP contribution < -0.4 is 5.32 Å². The van der Waals surface area contributed by atoms with Crippen molar-refractivity contribution in [1.29, 1.82) is 0 Å². The van der Waals surface area contributed by atoms with Gasteiger partial charge in [0.2, 0.25) is 0 Å². The molecule has 0 bridgehead atoms. The topological polar surface area (TPSA) is 74.0 Å². The van der Waals surface area contributed by atoms with Crippen molar-refractivity contribution in [3.05, 3.63) is 34.4 Å². The molecule has 0 aliphatic carbocycles. The first-order chi connectivity index (χ1) is 10.5. The summed E-state index contributed by atoms with van der Waals surface area (Å²) in [6, 6.07) is 1.66. The molecule has 1 N–H and O–H groups in total. The van der Waals surface area contributed by atoms with Gasteiger partial charge in [-0.15, -0.1) is 0 Å². The number of amides is 1. The number of carbonyl (C=O) groups is 1. The lowest BCUT2D eigenvalue weighted by atomic mass is 10.3. The number of halogens is 1. The SMILES string of the molecule is COCn1ccc(C(=O)NCCCn2nc(C)c(Cl)c2C)n1. The number of nitrogens with one attached hydrogen (secondary N) is 1. The van der Waals surface area contributed by atoms with E-state index in [4.69, 9.17) is 16.3 Å². The number of hydrogen-bond donors (Lipinski definition) is 1. The second kappa shape index (κ2) is 7.42. The van der Waals surface area contributed by atoms with E-state index in [1.165, 1.54) is 0 Å². The first-order valence-electron chi connectivity index (χ1n) is 7.03. The Kier molecular flexibility index (Phi) is 5.57. The summed E-state index contributed by atoms with van der Waals surface area (Å²) in [5.41, 5.74) is 2.15. The maximum atomic E-state index is 11.9. The van der Waals surface area contributed by atoms with Crippen LogP contribution in [0.25, 0.3) is 0 Å². The van der Waals surface area contributed by atoms with Crippen LogP contribution in [0.15, 0.2) is 12.3 Å². The van der Waals surface area contributed by atoms with Crippen molar-refractivity contribution in [2.75, 3.05) is 13.7 Å². The van der Waals surface area contributed by atoms with Crippen LogP contribution in [0.3, 0.4) is 0 Å². The lowest BCUT2D eigenvalue weighted by Gasteiger charge is -2.05. The molecule has 0 saturated carbocycles. The van der Waals surface area contributed by atoms with E-state index in [2.05, 4.69) is 15.5 Å². The standard InChI is InChI=1S/C14H20ClN5O2/c1-10-13(15)11(2)20(17-10)7-4-6-16-14(21)12-5-8-19(18-12)9-22-3/h5,8H,4,6-7,9H2,1-3H3,(H,16,21). The molecule has 0 atom stereocenters. The molecule has 0 aromatic carbocycles. The maximum absolute atomic E-state index is 11.9. The molecule has 2 aromatic rings. The Morgan fingerprint density at radius 2 is 2.18 bits per heavy atom. The molecule has 22 heavy (non-hydrogen) atoms.